The largest absolute Gasteiger partial charge is 0.496 e. The summed E-state index contributed by atoms with van der Waals surface area (Å²) in [6, 6.07) is 20.6. The maximum atomic E-state index is 13.5. The lowest BCUT2D eigenvalue weighted by atomic mass is 9.84. The van der Waals surface area contributed by atoms with Crippen molar-refractivity contribution >= 4 is 31.4 Å². The molecule has 0 saturated heterocycles. The first kappa shape index (κ1) is 48.1. The summed E-state index contributed by atoms with van der Waals surface area (Å²) in [7, 11) is -5.12. The van der Waals surface area contributed by atoms with Crippen LogP contribution in [0.1, 0.15) is 80.6 Å². The summed E-state index contributed by atoms with van der Waals surface area (Å²) in [6.07, 6.45) is 4.14. The molecule has 0 unspecified atom stereocenters. The predicted molar refractivity (Wildman–Crippen MR) is 254 cm³/mol. The number of ether oxygens (including phenoxy) is 2. The number of sulfonamides is 2. The molecule has 0 radical (unpaired) electrons. The number of anilines is 2. The van der Waals surface area contributed by atoms with Crippen molar-refractivity contribution in [3.63, 3.8) is 0 Å². The molecule has 0 atom stereocenters. The number of aryl methyl sites for hydroxylation is 5. The number of hydrogen-bond donors (Lipinski definition) is 5. The van der Waals surface area contributed by atoms with Gasteiger partial charge >= 0.3 is 11.4 Å². The van der Waals surface area contributed by atoms with Gasteiger partial charge in [0, 0.05) is 16.8 Å². The van der Waals surface area contributed by atoms with E-state index in [1.54, 1.807) is 75.7 Å². The van der Waals surface area contributed by atoms with Crippen molar-refractivity contribution in [2.24, 2.45) is 0 Å². The first-order valence-electron chi connectivity index (χ1n) is 20.9. The highest BCUT2D eigenvalue weighted by Gasteiger charge is 2.28. The highest BCUT2D eigenvalue weighted by Crippen LogP contribution is 2.39. The SMILES string of the molecule is COc1c(CCc2ccc(N(CS(=O)(=O)Nc3ccc(CCc4cc(-n5c(O)c(C)[nH]c5=O)cc(C(C)(C)C)c4OC)cc3)S(C)(=O)=O)cc2)cc(-n2c(O)c[nH]c2=O)cc1C(C)(C)C. The zero-order valence-corrected chi connectivity index (χ0v) is 40.0. The van der Waals surface area contributed by atoms with Gasteiger partial charge in [-0.05, 0) is 114 Å². The van der Waals surface area contributed by atoms with Crippen LogP contribution in [0.15, 0.2) is 88.6 Å². The molecule has 0 spiro atoms. The Kier molecular flexibility index (Phi) is 13.5. The van der Waals surface area contributed by atoms with Gasteiger partial charge in [0.2, 0.25) is 21.8 Å². The summed E-state index contributed by atoms with van der Waals surface area (Å²) in [4.78, 5) is 30.5. The van der Waals surface area contributed by atoms with Gasteiger partial charge in [0.25, 0.3) is 10.0 Å². The third kappa shape index (κ3) is 10.8. The predicted octanol–water partition coefficient (Wildman–Crippen LogP) is 6.71. The Labute approximate surface area is 379 Å². The molecule has 5 N–H and O–H groups in total. The summed E-state index contributed by atoms with van der Waals surface area (Å²) < 4.78 is 70.6. The number of H-pyrrole nitrogens is 2. The Bertz CT molecular complexity index is 3040. The highest BCUT2D eigenvalue weighted by atomic mass is 32.2. The molecule has 18 heteroatoms. The Hall–Kier alpha value is -6.40. The van der Waals surface area contributed by atoms with E-state index in [4.69, 9.17) is 9.47 Å². The number of hydrogen-bond acceptors (Lipinski definition) is 10. The molecule has 0 fully saturated rings. The van der Waals surface area contributed by atoms with Gasteiger partial charge in [-0.3, -0.25) is 9.03 Å². The lowest BCUT2D eigenvalue weighted by molar-refractivity contribution is 0.392. The Morgan fingerprint density at radius 3 is 1.57 bits per heavy atom. The van der Waals surface area contributed by atoms with Crippen LogP contribution >= 0.6 is 0 Å². The second-order valence-corrected chi connectivity index (χ2v) is 21.8. The molecule has 6 rings (SSSR count). The van der Waals surface area contributed by atoms with Gasteiger partial charge < -0.3 is 29.7 Å². The minimum atomic E-state index is -4.24. The minimum Gasteiger partial charge on any atom is -0.496 e. The van der Waals surface area contributed by atoms with Gasteiger partial charge in [0.1, 0.15) is 11.5 Å². The van der Waals surface area contributed by atoms with Crippen molar-refractivity contribution in [2.45, 2.75) is 85.0 Å². The summed E-state index contributed by atoms with van der Waals surface area (Å²) in [5.74, 6) is 0.0361. The van der Waals surface area contributed by atoms with Crippen LogP contribution in [0.4, 0.5) is 11.4 Å². The van der Waals surface area contributed by atoms with Gasteiger partial charge in [0.15, 0.2) is 5.88 Å². The van der Waals surface area contributed by atoms with Crippen molar-refractivity contribution in [1.82, 2.24) is 19.1 Å². The standard InChI is InChI=1S/C47H58N6O10S2/c1-29-43(55)53(45(57)49-29)37-24-33(42(63-9)39(26-37)47(5,6)7)17-11-30-13-19-34(20-14-30)50-65(60,61)28-51(64(10,58)59)35-21-15-31(16-22-35)12-18-32-23-36(52-40(54)27-48-44(52)56)25-38(41(32)62-8)46(2,3)4/h13-16,19-27,50,54-55H,11-12,17-18,28H2,1-10H3,(H,48,56)(H,49,57). The van der Waals surface area contributed by atoms with E-state index in [0.717, 1.165) is 43.9 Å². The number of aromatic hydroxyl groups is 2. The molecule has 0 saturated carbocycles. The molecule has 2 heterocycles. The van der Waals surface area contributed by atoms with E-state index < -0.39 is 37.3 Å². The Morgan fingerprint density at radius 2 is 1.17 bits per heavy atom. The van der Waals surface area contributed by atoms with Crippen LogP contribution in [0.2, 0.25) is 0 Å². The number of imidazole rings is 2. The summed E-state index contributed by atoms with van der Waals surface area (Å²) in [5, 5.41) is 21.1. The maximum absolute atomic E-state index is 13.5. The summed E-state index contributed by atoms with van der Waals surface area (Å²) in [6.45, 7) is 13.8. The lowest BCUT2D eigenvalue weighted by Gasteiger charge is -2.25. The Morgan fingerprint density at radius 1 is 0.692 bits per heavy atom. The molecular weight excluding hydrogens is 873 g/mol. The van der Waals surface area contributed by atoms with Gasteiger partial charge in [-0.2, -0.15) is 0 Å². The van der Waals surface area contributed by atoms with E-state index in [2.05, 4.69) is 14.7 Å². The van der Waals surface area contributed by atoms with Crippen molar-refractivity contribution in [3.05, 3.63) is 139 Å². The maximum Gasteiger partial charge on any atom is 0.333 e. The minimum absolute atomic E-state index is 0.162. The van der Waals surface area contributed by atoms with Gasteiger partial charge in [0.05, 0.1) is 49.4 Å². The molecule has 0 bridgehead atoms. The first-order valence-corrected chi connectivity index (χ1v) is 24.4. The van der Waals surface area contributed by atoms with E-state index in [1.165, 1.54) is 15.3 Å². The number of benzene rings is 4. The van der Waals surface area contributed by atoms with Gasteiger partial charge in [-0.25, -0.2) is 35.6 Å². The molecule has 0 aliphatic heterocycles. The second kappa shape index (κ2) is 18.2. The monoisotopic (exact) mass is 930 g/mol. The van der Waals surface area contributed by atoms with Crippen LogP contribution in [0.25, 0.3) is 11.4 Å². The average Bonchev–Trinajstić information content (AvgIpc) is 3.70. The van der Waals surface area contributed by atoms with Crippen molar-refractivity contribution in [2.75, 3.05) is 35.4 Å². The molecule has 0 aliphatic rings. The molecule has 0 aliphatic carbocycles. The fourth-order valence-electron chi connectivity index (χ4n) is 7.81. The molecule has 16 nitrogen and oxygen atoms in total. The molecule has 6 aromatic rings. The molecule has 0 amide bonds. The highest BCUT2D eigenvalue weighted by molar-refractivity contribution is 7.96. The zero-order valence-electron chi connectivity index (χ0n) is 38.4. The number of nitrogens with zero attached hydrogens (tertiary/aromatic N) is 3. The van der Waals surface area contributed by atoms with E-state index in [0.29, 0.717) is 54.3 Å². The smallest absolute Gasteiger partial charge is 0.333 e. The van der Waals surface area contributed by atoms with Crippen LogP contribution in [0.5, 0.6) is 23.3 Å². The lowest BCUT2D eigenvalue weighted by Crippen LogP contribution is -2.37. The van der Waals surface area contributed by atoms with Crippen LogP contribution < -0.4 is 29.9 Å². The fraction of sp³-hybridized carbons (Fsp3) is 0.362. The van der Waals surface area contributed by atoms with Gasteiger partial charge in [-0.1, -0.05) is 65.8 Å². The van der Waals surface area contributed by atoms with E-state index in [9.17, 15) is 36.6 Å². The third-order valence-electron chi connectivity index (χ3n) is 11.1. The second-order valence-electron chi connectivity index (χ2n) is 18.2. The van der Waals surface area contributed by atoms with Crippen molar-refractivity contribution in [3.8, 4) is 34.6 Å². The zero-order chi connectivity index (χ0) is 47.8. The first-order chi connectivity index (χ1) is 30.3. The molecule has 2 aromatic heterocycles. The van der Waals surface area contributed by atoms with Crippen LogP contribution in [-0.4, -0.2) is 72.5 Å². The molecule has 65 heavy (non-hydrogen) atoms. The normalized spacial score (nSPS) is 12.3. The van der Waals surface area contributed by atoms with Crippen molar-refractivity contribution in [1.29, 1.82) is 0 Å². The van der Waals surface area contributed by atoms with E-state index in [-0.39, 0.29) is 34.0 Å². The number of rotatable bonds is 16. The molecule has 4 aromatic carbocycles. The van der Waals surface area contributed by atoms with Crippen LogP contribution in [0, 0.1) is 6.92 Å². The van der Waals surface area contributed by atoms with Crippen LogP contribution in [-0.2, 0) is 56.6 Å². The molecular formula is C47H58N6O10S2. The summed E-state index contributed by atoms with van der Waals surface area (Å²) >= 11 is 0. The van der Waals surface area contributed by atoms with E-state index >= 15 is 0 Å². The van der Waals surface area contributed by atoms with Crippen LogP contribution in [0.3, 0.4) is 0 Å². The van der Waals surface area contributed by atoms with Gasteiger partial charge in [-0.15, -0.1) is 0 Å². The quantitative estimate of drug-likeness (QED) is 0.0691. The van der Waals surface area contributed by atoms with Crippen molar-refractivity contribution < 1.29 is 36.5 Å². The number of aromatic amines is 2. The Balaban J connectivity index is 1.16. The third-order valence-corrected chi connectivity index (χ3v) is 13.6. The summed E-state index contributed by atoms with van der Waals surface area (Å²) in [5.41, 5.74) is 5.03. The number of aromatic nitrogens is 4. The average molecular weight is 931 g/mol. The number of nitrogens with one attached hydrogen (secondary N) is 3. The van der Waals surface area contributed by atoms with E-state index in [1.807, 2.05) is 59.7 Å². The number of methoxy groups -OCH3 is 2. The topological polar surface area (TPSA) is 218 Å². The fourth-order valence-corrected chi connectivity index (χ4v) is 10.5. The molecule has 348 valence electrons.